The summed E-state index contributed by atoms with van der Waals surface area (Å²) in [6.07, 6.45) is -10.4. The molecule has 2 aromatic heterocycles. The Morgan fingerprint density at radius 2 is 0.786 bits per heavy atom. The molecule has 0 spiro atoms. The number of rotatable bonds is 3. The lowest BCUT2D eigenvalue weighted by Crippen LogP contribution is -2.13. The Bertz CT molecular complexity index is 3100. The molecule has 0 amide bonds. The van der Waals surface area contributed by atoms with Crippen LogP contribution in [0.4, 0.5) is 26.3 Å². The molecule has 0 N–H and O–H groups in total. The van der Waals surface area contributed by atoms with Crippen LogP contribution in [0, 0.1) is 56.7 Å². The molecule has 56 heavy (non-hydrogen) atoms. The van der Waals surface area contributed by atoms with Gasteiger partial charge in [-0.25, -0.2) is 0 Å². The fraction of sp³-hybridized carbons (Fsp3) is 0.0465. The fourth-order valence-corrected chi connectivity index (χ4v) is 7.27. The Hall–Kier alpha value is -8.05. The van der Waals surface area contributed by atoms with Gasteiger partial charge in [0.2, 0.25) is 0 Å². The van der Waals surface area contributed by atoms with E-state index in [1.54, 1.807) is 81.9 Å². The van der Waals surface area contributed by atoms with Crippen molar-refractivity contribution in [1.82, 2.24) is 9.13 Å². The van der Waals surface area contributed by atoms with Crippen LogP contribution in [-0.4, -0.2) is 9.13 Å². The molecule has 0 atom stereocenters. The third-order valence-electron chi connectivity index (χ3n) is 9.71. The van der Waals surface area contributed by atoms with E-state index in [-0.39, 0.29) is 50.8 Å². The van der Waals surface area contributed by atoms with E-state index in [1.807, 2.05) is 6.07 Å². The largest absolute Gasteiger partial charge is 0.417 e. The summed E-state index contributed by atoms with van der Waals surface area (Å²) in [5.74, 6) is 0. The second-order valence-corrected chi connectivity index (χ2v) is 12.8. The van der Waals surface area contributed by atoms with Crippen LogP contribution in [-0.2, 0) is 12.4 Å². The lowest BCUT2D eigenvalue weighted by molar-refractivity contribution is -0.142. The minimum atomic E-state index is -5.29. The number of fused-ring (bicyclic) bond motifs is 6. The first kappa shape index (κ1) is 35.0. The maximum absolute atomic E-state index is 14.7. The van der Waals surface area contributed by atoms with Gasteiger partial charge < -0.3 is 9.13 Å². The molecule has 8 aromatic rings. The van der Waals surface area contributed by atoms with Crippen molar-refractivity contribution in [3.63, 3.8) is 0 Å². The van der Waals surface area contributed by atoms with Crippen molar-refractivity contribution in [1.29, 1.82) is 26.3 Å². The number of halogens is 6. The molecule has 7 nitrogen and oxygen atoms in total. The number of aromatic nitrogens is 2. The predicted octanol–water partition coefficient (Wildman–Crippen LogP) is 10.9. The van der Waals surface area contributed by atoms with E-state index in [0.717, 1.165) is 0 Å². The zero-order valence-electron chi connectivity index (χ0n) is 28.2. The van der Waals surface area contributed by atoms with Crippen molar-refractivity contribution in [3.05, 3.63) is 142 Å². The maximum Gasteiger partial charge on any atom is 0.417 e. The van der Waals surface area contributed by atoms with E-state index in [4.69, 9.17) is 0 Å². The zero-order valence-corrected chi connectivity index (χ0v) is 28.2. The van der Waals surface area contributed by atoms with E-state index in [0.29, 0.717) is 55.7 Å². The summed E-state index contributed by atoms with van der Waals surface area (Å²) in [5, 5.41) is 52.7. The first-order valence-corrected chi connectivity index (χ1v) is 16.4. The smallest absolute Gasteiger partial charge is 0.307 e. The van der Waals surface area contributed by atoms with Gasteiger partial charge in [-0.3, -0.25) is 0 Å². The third-order valence-corrected chi connectivity index (χ3v) is 9.71. The SMILES string of the molecule is N#Cc1ccc2c3ccc(C#N)cc3n(-c3cc(C#N)c(-c4ccc(C(F)(F)F)cc4C(F)(F)F)cc3-n3c4cc(C#N)ccc4c4ccc(C#N)cc43)c2c1. The fourth-order valence-electron chi connectivity index (χ4n) is 7.27. The van der Waals surface area contributed by atoms with Gasteiger partial charge in [0.15, 0.2) is 0 Å². The molecule has 0 saturated carbocycles. The molecule has 13 heteroatoms. The van der Waals surface area contributed by atoms with Crippen molar-refractivity contribution in [3.8, 4) is 52.8 Å². The highest BCUT2D eigenvalue weighted by atomic mass is 19.4. The van der Waals surface area contributed by atoms with Crippen molar-refractivity contribution in [2.24, 2.45) is 0 Å². The number of nitrogens with zero attached hydrogens (tertiary/aromatic N) is 7. The molecule has 8 rings (SSSR count). The summed E-state index contributed by atoms with van der Waals surface area (Å²) in [6.45, 7) is 0. The molecule has 0 aliphatic heterocycles. The average Bonchev–Trinajstić information content (AvgIpc) is 3.69. The highest BCUT2D eigenvalue weighted by Gasteiger charge is 2.39. The number of hydrogen-bond acceptors (Lipinski definition) is 5. The van der Waals surface area contributed by atoms with Crippen LogP contribution in [0.5, 0.6) is 0 Å². The maximum atomic E-state index is 14.7. The second kappa shape index (κ2) is 12.5. The van der Waals surface area contributed by atoms with Crippen LogP contribution in [0.1, 0.15) is 38.9 Å². The molecule has 6 aromatic carbocycles. The molecular formula is C43H17F6N7. The Labute approximate surface area is 312 Å². The Kier molecular flexibility index (Phi) is 7.83. The molecule has 0 aliphatic carbocycles. The predicted molar refractivity (Wildman–Crippen MR) is 194 cm³/mol. The molecule has 2 heterocycles. The van der Waals surface area contributed by atoms with Crippen molar-refractivity contribution < 1.29 is 26.3 Å². The van der Waals surface area contributed by atoms with Gasteiger partial charge in [0.25, 0.3) is 0 Å². The average molecular weight is 746 g/mol. The topological polar surface area (TPSA) is 129 Å². The van der Waals surface area contributed by atoms with Crippen LogP contribution >= 0.6 is 0 Å². The van der Waals surface area contributed by atoms with Crippen molar-refractivity contribution in [2.45, 2.75) is 12.4 Å². The van der Waals surface area contributed by atoms with Gasteiger partial charge in [0.05, 0.1) is 103 Å². The molecule has 0 saturated heterocycles. The molecule has 0 bridgehead atoms. The minimum Gasteiger partial charge on any atom is -0.307 e. The van der Waals surface area contributed by atoms with E-state index >= 15 is 0 Å². The highest BCUT2D eigenvalue weighted by molar-refractivity contribution is 6.12. The number of benzene rings is 6. The zero-order chi connectivity index (χ0) is 39.7. The summed E-state index contributed by atoms with van der Waals surface area (Å²) < 4.78 is 88.7. The minimum absolute atomic E-state index is 0.00270. The monoisotopic (exact) mass is 745 g/mol. The normalized spacial score (nSPS) is 11.7. The molecular weight excluding hydrogens is 729 g/mol. The Morgan fingerprint density at radius 1 is 0.393 bits per heavy atom. The van der Waals surface area contributed by atoms with Crippen molar-refractivity contribution >= 4 is 43.6 Å². The van der Waals surface area contributed by atoms with Gasteiger partial charge in [-0.15, -0.1) is 0 Å². The van der Waals surface area contributed by atoms with Crippen LogP contribution in [0.15, 0.2) is 103 Å². The van der Waals surface area contributed by atoms with Crippen molar-refractivity contribution in [2.75, 3.05) is 0 Å². The number of alkyl halides is 6. The summed E-state index contributed by atoms with van der Waals surface area (Å²) in [4.78, 5) is 0. The van der Waals surface area contributed by atoms with E-state index < -0.39 is 29.0 Å². The number of hydrogen-bond donors (Lipinski definition) is 0. The van der Waals surface area contributed by atoms with Crippen LogP contribution in [0.2, 0.25) is 0 Å². The summed E-state index contributed by atoms with van der Waals surface area (Å²) in [7, 11) is 0. The summed E-state index contributed by atoms with van der Waals surface area (Å²) in [6, 6.07) is 33.4. The van der Waals surface area contributed by atoms with Gasteiger partial charge in [-0.2, -0.15) is 52.7 Å². The highest BCUT2D eigenvalue weighted by Crippen LogP contribution is 2.45. The molecule has 0 radical (unpaired) electrons. The second-order valence-electron chi connectivity index (χ2n) is 12.8. The van der Waals surface area contributed by atoms with Crippen LogP contribution < -0.4 is 0 Å². The summed E-state index contributed by atoms with van der Waals surface area (Å²) >= 11 is 0. The van der Waals surface area contributed by atoms with E-state index in [2.05, 4.69) is 24.3 Å². The first-order valence-electron chi connectivity index (χ1n) is 16.4. The van der Waals surface area contributed by atoms with Gasteiger partial charge in [-0.1, -0.05) is 30.3 Å². The van der Waals surface area contributed by atoms with E-state index in [1.165, 1.54) is 12.1 Å². The molecule has 0 aliphatic rings. The lowest BCUT2D eigenvalue weighted by atomic mass is 9.92. The Balaban J connectivity index is 1.62. The molecule has 266 valence electrons. The van der Waals surface area contributed by atoms with Gasteiger partial charge >= 0.3 is 12.4 Å². The standard InChI is InChI=1S/C43H17F6N7/c44-42(45,46)28-5-10-29(35(16-28)43(47,48)49)34-17-41(56-38-13-25(20-52)3-8-32(38)33-9-4-26(21-53)14-39(33)56)40(15-27(34)22-54)55-36-11-23(18-50)1-6-30(36)31-7-2-24(19-51)12-37(31)55/h1-17H. The number of nitriles is 5. The van der Waals surface area contributed by atoms with E-state index in [9.17, 15) is 52.7 Å². The van der Waals surface area contributed by atoms with Crippen LogP contribution in [0.3, 0.4) is 0 Å². The van der Waals surface area contributed by atoms with Gasteiger partial charge in [0.1, 0.15) is 0 Å². The lowest BCUT2D eigenvalue weighted by Gasteiger charge is -2.21. The summed E-state index contributed by atoms with van der Waals surface area (Å²) in [5.41, 5.74) is -1.76. The Morgan fingerprint density at radius 3 is 1.12 bits per heavy atom. The third kappa shape index (κ3) is 5.41. The van der Waals surface area contributed by atoms with Gasteiger partial charge in [-0.05, 0) is 78.4 Å². The first-order chi connectivity index (χ1) is 26.8. The quantitative estimate of drug-likeness (QED) is 0.166. The van der Waals surface area contributed by atoms with Gasteiger partial charge in [0, 0.05) is 27.1 Å². The molecule has 0 unspecified atom stereocenters. The van der Waals surface area contributed by atoms with Crippen LogP contribution in [0.25, 0.3) is 66.1 Å². The molecule has 0 fully saturated rings.